The van der Waals surface area contributed by atoms with Crippen LogP contribution in [0.1, 0.15) is 46.5 Å². The summed E-state index contributed by atoms with van der Waals surface area (Å²) < 4.78 is 0. The lowest BCUT2D eigenvalue weighted by molar-refractivity contribution is 0.194. The number of unbranched alkanes of at least 4 members (excludes halogenated alkanes) is 1. The molecular weight excluding hydrogens is 208 g/mol. The van der Waals surface area contributed by atoms with Gasteiger partial charge in [-0.05, 0) is 44.2 Å². The maximum absolute atomic E-state index is 3.55. The van der Waals surface area contributed by atoms with Crippen LogP contribution in [0.4, 0.5) is 0 Å². The molecule has 2 heteroatoms. The molecule has 2 fully saturated rings. The molecule has 100 valence electrons. The smallest absolute Gasteiger partial charge is 0.0111 e. The van der Waals surface area contributed by atoms with Crippen LogP contribution in [-0.4, -0.2) is 37.1 Å². The Morgan fingerprint density at radius 2 is 2.12 bits per heavy atom. The van der Waals surface area contributed by atoms with Crippen LogP contribution in [0.15, 0.2) is 0 Å². The van der Waals surface area contributed by atoms with E-state index in [4.69, 9.17) is 0 Å². The first kappa shape index (κ1) is 13.4. The molecule has 1 N–H and O–H groups in total. The fraction of sp³-hybridized carbons (Fsp3) is 1.00. The SMILES string of the molecule is CCCCC(CC)CN1CC2CNCC2C1C. The topological polar surface area (TPSA) is 15.3 Å². The molecule has 0 spiro atoms. The number of rotatable bonds is 6. The van der Waals surface area contributed by atoms with Crippen molar-refractivity contribution in [3.8, 4) is 0 Å². The summed E-state index contributed by atoms with van der Waals surface area (Å²) in [6.45, 7) is 12.3. The fourth-order valence-corrected chi connectivity index (χ4v) is 3.75. The molecule has 0 aromatic carbocycles. The third-order valence-corrected chi connectivity index (χ3v) is 5.09. The zero-order valence-corrected chi connectivity index (χ0v) is 11.9. The molecule has 0 aromatic heterocycles. The van der Waals surface area contributed by atoms with Crippen molar-refractivity contribution in [3.63, 3.8) is 0 Å². The molecule has 0 radical (unpaired) electrons. The first-order valence-corrected chi connectivity index (χ1v) is 7.71. The van der Waals surface area contributed by atoms with Crippen molar-refractivity contribution in [2.45, 2.75) is 52.5 Å². The van der Waals surface area contributed by atoms with Crippen LogP contribution in [0, 0.1) is 17.8 Å². The van der Waals surface area contributed by atoms with E-state index in [1.165, 1.54) is 51.9 Å². The normalized spacial score (nSPS) is 35.1. The number of hydrogen-bond acceptors (Lipinski definition) is 2. The molecule has 2 aliphatic rings. The van der Waals surface area contributed by atoms with Crippen molar-refractivity contribution in [2.24, 2.45) is 17.8 Å². The number of fused-ring (bicyclic) bond motifs is 1. The van der Waals surface area contributed by atoms with Crippen LogP contribution in [-0.2, 0) is 0 Å². The molecule has 0 bridgehead atoms. The summed E-state index contributed by atoms with van der Waals surface area (Å²) in [5.74, 6) is 2.80. The molecule has 0 amide bonds. The Hall–Kier alpha value is -0.0800. The van der Waals surface area contributed by atoms with Gasteiger partial charge in [0.05, 0.1) is 0 Å². The summed E-state index contributed by atoms with van der Waals surface area (Å²) in [6.07, 6.45) is 5.55. The van der Waals surface area contributed by atoms with E-state index in [1.54, 1.807) is 0 Å². The Bertz CT molecular complexity index is 229. The maximum Gasteiger partial charge on any atom is 0.0111 e. The molecule has 17 heavy (non-hydrogen) atoms. The van der Waals surface area contributed by atoms with Crippen molar-refractivity contribution in [1.82, 2.24) is 10.2 Å². The first-order valence-electron chi connectivity index (χ1n) is 7.71. The van der Waals surface area contributed by atoms with Crippen LogP contribution in [0.25, 0.3) is 0 Å². The molecule has 2 heterocycles. The number of hydrogen-bond donors (Lipinski definition) is 1. The molecule has 0 aliphatic carbocycles. The van der Waals surface area contributed by atoms with Crippen molar-refractivity contribution in [2.75, 3.05) is 26.2 Å². The minimum Gasteiger partial charge on any atom is -0.316 e. The molecule has 2 aliphatic heterocycles. The van der Waals surface area contributed by atoms with Crippen molar-refractivity contribution in [3.05, 3.63) is 0 Å². The van der Waals surface area contributed by atoms with Crippen LogP contribution in [0.2, 0.25) is 0 Å². The Labute approximate surface area is 107 Å². The van der Waals surface area contributed by atoms with Crippen molar-refractivity contribution in [1.29, 1.82) is 0 Å². The van der Waals surface area contributed by atoms with Gasteiger partial charge in [-0.25, -0.2) is 0 Å². The van der Waals surface area contributed by atoms with Gasteiger partial charge >= 0.3 is 0 Å². The lowest BCUT2D eigenvalue weighted by Crippen LogP contribution is -2.36. The van der Waals surface area contributed by atoms with Crippen molar-refractivity contribution < 1.29 is 0 Å². The molecule has 0 aromatic rings. The summed E-state index contributed by atoms with van der Waals surface area (Å²) in [7, 11) is 0. The number of nitrogens with zero attached hydrogens (tertiary/aromatic N) is 1. The number of nitrogens with one attached hydrogen (secondary N) is 1. The third kappa shape index (κ3) is 3.03. The van der Waals surface area contributed by atoms with Crippen molar-refractivity contribution >= 4 is 0 Å². The lowest BCUT2D eigenvalue weighted by atomic mass is 9.95. The van der Waals surface area contributed by atoms with Gasteiger partial charge in [-0.15, -0.1) is 0 Å². The standard InChI is InChI=1S/C15H30N2/c1-4-6-7-13(5-2)10-17-11-14-8-16-9-15(14)12(17)3/h12-16H,4-11H2,1-3H3. The van der Waals surface area contributed by atoms with E-state index in [0.717, 1.165) is 23.8 Å². The monoisotopic (exact) mass is 238 g/mol. The Morgan fingerprint density at radius 1 is 1.29 bits per heavy atom. The van der Waals surface area contributed by atoms with E-state index < -0.39 is 0 Å². The van der Waals surface area contributed by atoms with E-state index in [1.807, 2.05) is 0 Å². The summed E-state index contributed by atoms with van der Waals surface area (Å²) in [4.78, 5) is 2.78. The summed E-state index contributed by atoms with van der Waals surface area (Å²) >= 11 is 0. The molecule has 2 rings (SSSR count). The first-order chi connectivity index (χ1) is 8.26. The minimum absolute atomic E-state index is 0.811. The minimum atomic E-state index is 0.811. The summed E-state index contributed by atoms with van der Waals surface area (Å²) in [6, 6.07) is 0.811. The van der Waals surface area contributed by atoms with Gasteiger partial charge in [0.1, 0.15) is 0 Å². The maximum atomic E-state index is 3.55. The highest BCUT2D eigenvalue weighted by Gasteiger charge is 2.41. The van der Waals surface area contributed by atoms with Crippen LogP contribution in [0.3, 0.4) is 0 Å². The Balaban J connectivity index is 1.82. The van der Waals surface area contributed by atoms with E-state index >= 15 is 0 Å². The average Bonchev–Trinajstić information content (AvgIpc) is 2.89. The van der Waals surface area contributed by atoms with Gasteiger partial charge < -0.3 is 5.32 Å². The quantitative estimate of drug-likeness (QED) is 0.765. The molecule has 4 atom stereocenters. The zero-order chi connectivity index (χ0) is 12.3. The Morgan fingerprint density at radius 3 is 2.76 bits per heavy atom. The van der Waals surface area contributed by atoms with Crippen LogP contribution in [0.5, 0.6) is 0 Å². The second-order valence-electron chi connectivity index (χ2n) is 6.19. The average molecular weight is 238 g/mol. The van der Waals surface area contributed by atoms with E-state index in [-0.39, 0.29) is 0 Å². The highest BCUT2D eigenvalue weighted by Crippen LogP contribution is 2.33. The lowest BCUT2D eigenvalue weighted by Gasteiger charge is -2.28. The predicted molar refractivity (Wildman–Crippen MR) is 74.2 cm³/mol. The largest absolute Gasteiger partial charge is 0.316 e. The van der Waals surface area contributed by atoms with Crippen LogP contribution < -0.4 is 5.32 Å². The van der Waals surface area contributed by atoms with Crippen LogP contribution >= 0.6 is 0 Å². The summed E-state index contributed by atoms with van der Waals surface area (Å²) in [5, 5.41) is 3.55. The molecule has 4 unspecified atom stereocenters. The van der Waals surface area contributed by atoms with E-state index in [9.17, 15) is 0 Å². The number of likely N-dealkylation sites (tertiary alicyclic amines) is 1. The molecule has 0 saturated carbocycles. The summed E-state index contributed by atoms with van der Waals surface area (Å²) in [5.41, 5.74) is 0. The molecule has 2 nitrogen and oxygen atoms in total. The predicted octanol–water partition coefficient (Wildman–Crippen LogP) is 2.74. The van der Waals surface area contributed by atoms with Gasteiger partial charge in [-0.2, -0.15) is 0 Å². The molecular formula is C15H30N2. The van der Waals surface area contributed by atoms with Gasteiger partial charge in [0.2, 0.25) is 0 Å². The molecule has 2 saturated heterocycles. The van der Waals surface area contributed by atoms with Gasteiger partial charge in [0.15, 0.2) is 0 Å². The zero-order valence-electron chi connectivity index (χ0n) is 11.9. The second-order valence-corrected chi connectivity index (χ2v) is 6.19. The highest BCUT2D eigenvalue weighted by molar-refractivity contribution is 4.96. The second kappa shape index (κ2) is 6.19. The van der Waals surface area contributed by atoms with Gasteiger partial charge in [-0.1, -0.05) is 33.1 Å². The van der Waals surface area contributed by atoms with Gasteiger partial charge in [0, 0.05) is 19.1 Å². The van der Waals surface area contributed by atoms with Gasteiger partial charge in [0.25, 0.3) is 0 Å². The Kier molecular flexibility index (Phi) is 4.87. The highest BCUT2D eigenvalue weighted by atomic mass is 15.2. The fourth-order valence-electron chi connectivity index (χ4n) is 3.75. The van der Waals surface area contributed by atoms with E-state index in [0.29, 0.717) is 0 Å². The third-order valence-electron chi connectivity index (χ3n) is 5.09. The van der Waals surface area contributed by atoms with E-state index in [2.05, 4.69) is 31.0 Å². The van der Waals surface area contributed by atoms with Gasteiger partial charge in [-0.3, -0.25) is 4.90 Å².